The Morgan fingerprint density at radius 2 is 1.95 bits per heavy atom. The van der Waals surface area contributed by atoms with E-state index < -0.39 is 11.4 Å². The molecule has 0 atom stereocenters. The lowest BCUT2D eigenvalue weighted by molar-refractivity contribution is -0.156. The summed E-state index contributed by atoms with van der Waals surface area (Å²) in [5.74, 6) is -1.33. The van der Waals surface area contributed by atoms with E-state index in [-0.39, 0.29) is 18.3 Å². The van der Waals surface area contributed by atoms with E-state index in [1.807, 2.05) is 6.07 Å². The highest BCUT2D eigenvalue weighted by molar-refractivity contribution is 6.02. The van der Waals surface area contributed by atoms with Crippen LogP contribution in [0, 0.1) is 5.41 Å². The zero-order valence-electron chi connectivity index (χ0n) is 11.7. The maximum Gasteiger partial charge on any atom is 0.337 e. The second-order valence-electron chi connectivity index (χ2n) is 5.64. The van der Waals surface area contributed by atoms with Crippen LogP contribution >= 0.6 is 0 Å². The lowest BCUT2D eigenvalue weighted by Gasteiger charge is -2.17. The number of hydrogen-bond donors (Lipinski definition) is 1. The lowest BCUT2D eigenvalue weighted by Crippen LogP contribution is -2.24. The highest BCUT2D eigenvalue weighted by Gasteiger charge is 2.23. The maximum absolute atomic E-state index is 11.8. The van der Waals surface area contributed by atoms with Gasteiger partial charge in [-0.3, -0.25) is 4.79 Å². The molecule has 2 rings (SSSR count). The second-order valence-corrected chi connectivity index (χ2v) is 5.64. The van der Waals surface area contributed by atoms with Crippen molar-refractivity contribution in [1.29, 1.82) is 0 Å². The molecule has 0 saturated heterocycles. The van der Waals surface area contributed by atoms with E-state index in [0.29, 0.717) is 5.52 Å². The number of ether oxygens (including phenoxy) is 1. The molecule has 1 aromatic heterocycles. The van der Waals surface area contributed by atoms with Gasteiger partial charge in [-0.15, -0.1) is 0 Å². The van der Waals surface area contributed by atoms with Crippen LogP contribution in [0.15, 0.2) is 30.5 Å². The molecule has 1 heterocycles. The van der Waals surface area contributed by atoms with Crippen LogP contribution in [-0.4, -0.2) is 21.6 Å². The summed E-state index contributed by atoms with van der Waals surface area (Å²) in [5.41, 5.74) is 0.166. The number of carbonyl (C=O) groups is 2. The molecular weight excluding hydrogens is 258 g/mol. The average Bonchev–Trinajstić information content (AvgIpc) is 2.77. The van der Waals surface area contributed by atoms with Crippen LogP contribution in [0.1, 0.15) is 31.1 Å². The summed E-state index contributed by atoms with van der Waals surface area (Å²) in [6.07, 6.45) is 1.72. The Morgan fingerprint density at radius 3 is 2.55 bits per heavy atom. The molecule has 0 saturated carbocycles. The van der Waals surface area contributed by atoms with Gasteiger partial charge in [0.1, 0.15) is 0 Å². The Balaban J connectivity index is 2.32. The van der Waals surface area contributed by atoms with E-state index in [9.17, 15) is 14.7 Å². The number of esters is 1. The zero-order chi connectivity index (χ0) is 14.9. The smallest absolute Gasteiger partial charge is 0.337 e. The lowest BCUT2D eigenvalue weighted by atomic mass is 9.98. The Morgan fingerprint density at radius 1 is 1.25 bits per heavy atom. The molecule has 0 aliphatic rings. The number of carboxylic acid groups (broad SMARTS) is 1. The van der Waals surface area contributed by atoms with Crippen molar-refractivity contribution < 1.29 is 19.4 Å². The van der Waals surface area contributed by atoms with Crippen molar-refractivity contribution in [3.05, 3.63) is 36.0 Å². The van der Waals surface area contributed by atoms with Gasteiger partial charge < -0.3 is 14.4 Å². The maximum atomic E-state index is 11.8. The second kappa shape index (κ2) is 5.00. The van der Waals surface area contributed by atoms with Gasteiger partial charge in [0.2, 0.25) is 0 Å². The van der Waals surface area contributed by atoms with Gasteiger partial charge >= 0.3 is 11.9 Å². The minimum atomic E-state index is -1.00. The van der Waals surface area contributed by atoms with Crippen molar-refractivity contribution in [2.45, 2.75) is 27.5 Å². The molecule has 0 amide bonds. The summed E-state index contributed by atoms with van der Waals surface area (Å²) < 4.78 is 6.85. The van der Waals surface area contributed by atoms with Crippen LogP contribution in [0.2, 0.25) is 0 Å². The Bertz CT molecular complexity index is 664. The summed E-state index contributed by atoms with van der Waals surface area (Å²) in [6, 6.07) is 6.85. The number of fused-ring (bicyclic) bond motifs is 1. The van der Waals surface area contributed by atoms with Crippen LogP contribution in [0.25, 0.3) is 10.9 Å². The zero-order valence-corrected chi connectivity index (χ0v) is 11.7. The van der Waals surface area contributed by atoms with Crippen LogP contribution in [0.4, 0.5) is 0 Å². The van der Waals surface area contributed by atoms with E-state index in [0.717, 1.165) is 5.39 Å². The predicted octanol–water partition coefficient (Wildman–Crippen LogP) is 2.89. The first kappa shape index (κ1) is 14.1. The molecule has 0 radical (unpaired) electrons. The Hall–Kier alpha value is -2.30. The number of nitrogens with zero attached hydrogens (tertiary/aromatic N) is 1. The molecular formula is C15H17NO4. The van der Waals surface area contributed by atoms with E-state index in [1.165, 1.54) is 6.07 Å². The number of aromatic carboxylic acids is 1. The molecule has 5 nitrogen and oxygen atoms in total. The van der Waals surface area contributed by atoms with Gasteiger partial charge in [-0.25, -0.2) is 4.79 Å². The molecule has 20 heavy (non-hydrogen) atoms. The highest BCUT2D eigenvalue weighted by atomic mass is 16.5. The van der Waals surface area contributed by atoms with Gasteiger partial charge in [0.05, 0.1) is 16.5 Å². The van der Waals surface area contributed by atoms with Crippen LogP contribution in [-0.2, 0) is 16.3 Å². The summed E-state index contributed by atoms with van der Waals surface area (Å²) in [4.78, 5) is 23.0. The minimum absolute atomic E-state index is 0.00387. The van der Waals surface area contributed by atoms with Gasteiger partial charge in [-0.05, 0) is 32.9 Å². The molecule has 1 aromatic carbocycles. The fourth-order valence-electron chi connectivity index (χ4n) is 1.89. The van der Waals surface area contributed by atoms with E-state index in [2.05, 4.69) is 0 Å². The third-order valence-corrected chi connectivity index (χ3v) is 2.97. The van der Waals surface area contributed by atoms with Crippen LogP contribution in [0.3, 0.4) is 0 Å². The van der Waals surface area contributed by atoms with Crippen LogP contribution < -0.4 is 0 Å². The molecule has 0 aliphatic carbocycles. The fourth-order valence-corrected chi connectivity index (χ4v) is 1.89. The van der Waals surface area contributed by atoms with Crippen molar-refractivity contribution in [3.8, 4) is 0 Å². The number of hydrogen-bond acceptors (Lipinski definition) is 3. The molecule has 0 spiro atoms. The summed E-state index contributed by atoms with van der Waals surface area (Å²) >= 11 is 0. The molecule has 0 aliphatic heterocycles. The highest BCUT2D eigenvalue weighted by Crippen LogP contribution is 2.21. The quantitative estimate of drug-likeness (QED) is 0.874. The number of carbonyl (C=O) groups excluding carboxylic acids is 1. The van der Waals surface area contributed by atoms with Crippen molar-refractivity contribution in [2.24, 2.45) is 5.41 Å². The van der Waals surface area contributed by atoms with E-state index >= 15 is 0 Å². The SMILES string of the molecule is CC(C)(C)C(=O)OCn1ccc2cccc(C(=O)O)c21. The molecule has 106 valence electrons. The molecule has 2 aromatic rings. The molecule has 0 bridgehead atoms. The third-order valence-electron chi connectivity index (χ3n) is 2.97. The summed E-state index contributed by atoms with van der Waals surface area (Å²) in [6.45, 7) is 5.31. The first-order chi connectivity index (χ1) is 9.30. The first-order valence-corrected chi connectivity index (χ1v) is 6.29. The topological polar surface area (TPSA) is 68.5 Å². The third kappa shape index (κ3) is 2.66. The fraction of sp³-hybridized carbons (Fsp3) is 0.333. The van der Waals surface area contributed by atoms with Gasteiger partial charge in [0.15, 0.2) is 6.73 Å². The normalized spacial score (nSPS) is 11.6. The monoisotopic (exact) mass is 275 g/mol. The molecule has 5 heteroatoms. The largest absolute Gasteiger partial charge is 0.478 e. The number of rotatable bonds is 3. The Kier molecular flexibility index (Phi) is 3.53. The predicted molar refractivity (Wildman–Crippen MR) is 74.4 cm³/mol. The number of carboxylic acids is 1. The molecule has 0 fully saturated rings. The number of aromatic nitrogens is 1. The summed E-state index contributed by atoms with van der Waals surface area (Å²) in [7, 11) is 0. The van der Waals surface area contributed by atoms with Gasteiger partial charge in [-0.2, -0.15) is 0 Å². The van der Waals surface area contributed by atoms with Crippen molar-refractivity contribution in [2.75, 3.05) is 0 Å². The van der Waals surface area contributed by atoms with Gasteiger partial charge in [0.25, 0.3) is 0 Å². The van der Waals surface area contributed by atoms with Crippen molar-refractivity contribution in [1.82, 2.24) is 4.57 Å². The van der Waals surface area contributed by atoms with E-state index in [4.69, 9.17) is 4.74 Å². The standard InChI is InChI=1S/C15H17NO4/c1-15(2,3)14(19)20-9-16-8-7-10-5-4-6-11(12(10)16)13(17)18/h4-8H,9H2,1-3H3,(H,17,18). The minimum Gasteiger partial charge on any atom is -0.478 e. The average molecular weight is 275 g/mol. The number of para-hydroxylation sites is 1. The summed E-state index contributed by atoms with van der Waals surface area (Å²) in [5, 5.41) is 10.0. The molecule has 0 unspecified atom stereocenters. The van der Waals surface area contributed by atoms with Gasteiger partial charge in [-0.1, -0.05) is 12.1 Å². The number of benzene rings is 1. The molecule has 1 N–H and O–H groups in total. The van der Waals surface area contributed by atoms with Crippen molar-refractivity contribution in [3.63, 3.8) is 0 Å². The van der Waals surface area contributed by atoms with Gasteiger partial charge in [0, 0.05) is 11.6 Å². The Labute approximate surface area is 116 Å². The van der Waals surface area contributed by atoms with Crippen molar-refractivity contribution >= 4 is 22.8 Å². The van der Waals surface area contributed by atoms with E-state index in [1.54, 1.807) is 43.7 Å². The first-order valence-electron chi connectivity index (χ1n) is 6.29. The van der Waals surface area contributed by atoms with Crippen LogP contribution in [0.5, 0.6) is 0 Å².